The highest BCUT2D eigenvalue weighted by atomic mass is 16.5. The molecule has 3 nitrogen and oxygen atoms in total. The predicted molar refractivity (Wildman–Crippen MR) is 72.5 cm³/mol. The molecule has 0 saturated carbocycles. The van der Waals surface area contributed by atoms with Crippen LogP contribution in [0.5, 0.6) is 5.75 Å². The number of ether oxygens (including phenoxy) is 2. The van der Waals surface area contributed by atoms with Crippen molar-refractivity contribution in [1.29, 1.82) is 0 Å². The first-order valence-electron chi connectivity index (χ1n) is 6.15. The van der Waals surface area contributed by atoms with Crippen molar-refractivity contribution in [2.75, 3.05) is 14.2 Å². The molecular formula is C15H20O3. The van der Waals surface area contributed by atoms with E-state index in [2.05, 4.69) is 6.92 Å². The van der Waals surface area contributed by atoms with E-state index in [9.17, 15) is 4.79 Å². The normalized spacial score (nSPS) is 11.2. The van der Waals surface area contributed by atoms with Crippen LogP contribution in [0.15, 0.2) is 30.3 Å². The van der Waals surface area contributed by atoms with Crippen LogP contribution in [0.3, 0.4) is 0 Å². The molecule has 0 saturated heterocycles. The van der Waals surface area contributed by atoms with Crippen LogP contribution >= 0.6 is 0 Å². The van der Waals surface area contributed by atoms with Gasteiger partial charge >= 0.3 is 5.97 Å². The van der Waals surface area contributed by atoms with E-state index in [0.29, 0.717) is 5.57 Å². The highest BCUT2D eigenvalue weighted by Crippen LogP contribution is 2.20. The van der Waals surface area contributed by atoms with Crippen molar-refractivity contribution in [3.63, 3.8) is 0 Å². The second-order valence-corrected chi connectivity index (χ2v) is 3.98. The van der Waals surface area contributed by atoms with Crippen molar-refractivity contribution in [3.05, 3.63) is 35.9 Å². The maximum Gasteiger partial charge on any atom is 0.338 e. The molecule has 0 aliphatic heterocycles. The molecule has 0 aromatic heterocycles. The maximum absolute atomic E-state index is 11.7. The third kappa shape index (κ3) is 3.91. The molecule has 0 aliphatic rings. The molecular weight excluding hydrogens is 228 g/mol. The van der Waals surface area contributed by atoms with Crippen LogP contribution in [-0.4, -0.2) is 20.2 Å². The van der Waals surface area contributed by atoms with Gasteiger partial charge in [0.25, 0.3) is 0 Å². The Morgan fingerprint density at radius 2 is 1.89 bits per heavy atom. The summed E-state index contributed by atoms with van der Waals surface area (Å²) in [6.07, 6.45) is 4.99. The van der Waals surface area contributed by atoms with Gasteiger partial charge in [-0.25, -0.2) is 4.79 Å². The molecule has 0 unspecified atom stereocenters. The van der Waals surface area contributed by atoms with Crippen LogP contribution in [0, 0.1) is 0 Å². The number of unbranched alkanes of at least 4 members (excludes halogenated alkanes) is 2. The number of hydrogen-bond donors (Lipinski definition) is 0. The smallest absolute Gasteiger partial charge is 0.338 e. The van der Waals surface area contributed by atoms with E-state index in [1.165, 1.54) is 7.11 Å². The summed E-state index contributed by atoms with van der Waals surface area (Å²) in [5, 5.41) is 0. The fourth-order valence-electron chi connectivity index (χ4n) is 1.65. The van der Waals surface area contributed by atoms with Gasteiger partial charge in [-0.2, -0.15) is 0 Å². The standard InChI is InChI=1S/C15H20O3/c1-4-5-6-7-14(15(16)18-3)12-8-10-13(17-2)11-9-12/h7-11H,4-6H2,1-3H3/b14-7-. The van der Waals surface area contributed by atoms with Crippen molar-refractivity contribution in [2.24, 2.45) is 0 Å². The number of esters is 1. The average molecular weight is 248 g/mol. The number of allylic oxidation sites excluding steroid dienone is 1. The van der Waals surface area contributed by atoms with Crippen molar-refractivity contribution in [1.82, 2.24) is 0 Å². The molecule has 0 bridgehead atoms. The van der Waals surface area contributed by atoms with Gasteiger partial charge in [0.15, 0.2) is 0 Å². The first-order valence-corrected chi connectivity index (χ1v) is 6.15. The Balaban J connectivity index is 2.93. The Hall–Kier alpha value is -1.77. The van der Waals surface area contributed by atoms with Crippen LogP contribution in [0.2, 0.25) is 0 Å². The zero-order valence-electron chi connectivity index (χ0n) is 11.2. The Morgan fingerprint density at radius 3 is 2.39 bits per heavy atom. The van der Waals surface area contributed by atoms with E-state index in [4.69, 9.17) is 9.47 Å². The number of carbonyl (C=O) groups is 1. The van der Waals surface area contributed by atoms with E-state index >= 15 is 0 Å². The second-order valence-electron chi connectivity index (χ2n) is 3.98. The lowest BCUT2D eigenvalue weighted by molar-refractivity contribution is -0.133. The number of hydrogen-bond acceptors (Lipinski definition) is 3. The van der Waals surface area contributed by atoms with Crippen molar-refractivity contribution >= 4 is 11.5 Å². The fraction of sp³-hybridized carbons (Fsp3) is 0.400. The van der Waals surface area contributed by atoms with Crippen molar-refractivity contribution in [3.8, 4) is 5.75 Å². The molecule has 0 heterocycles. The maximum atomic E-state index is 11.7. The first-order chi connectivity index (χ1) is 8.72. The SMILES string of the molecule is CCCC/C=C(\C(=O)OC)c1ccc(OC)cc1. The molecule has 0 N–H and O–H groups in total. The molecule has 0 atom stereocenters. The Labute approximate surface area is 108 Å². The van der Waals surface area contributed by atoms with Gasteiger partial charge in [0, 0.05) is 0 Å². The summed E-state index contributed by atoms with van der Waals surface area (Å²) in [5.74, 6) is 0.479. The molecule has 0 fully saturated rings. The van der Waals surface area contributed by atoms with Crippen molar-refractivity contribution in [2.45, 2.75) is 26.2 Å². The van der Waals surface area contributed by atoms with E-state index in [1.807, 2.05) is 30.3 Å². The van der Waals surface area contributed by atoms with E-state index in [-0.39, 0.29) is 5.97 Å². The van der Waals surface area contributed by atoms with Gasteiger partial charge in [-0.15, -0.1) is 0 Å². The minimum Gasteiger partial charge on any atom is -0.497 e. The molecule has 0 amide bonds. The molecule has 98 valence electrons. The van der Waals surface area contributed by atoms with Crippen LogP contribution in [0.1, 0.15) is 31.7 Å². The predicted octanol–water partition coefficient (Wildman–Crippen LogP) is 3.44. The summed E-state index contributed by atoms with van der Waals surface area (Å²) >= 11 is 0. The van der Waals surface area contributed by atoms with Gasteiger partial charge in [0.05, 0.1) is 19.8 Å². The summed E-state index contributed by atoms with van der Waals surface area (Å²) in [5.41, 5.74) is 1.48. The molecule has 1 aromatic rings. The molecule has 1 rings (SSSR count). The number of methoxy groups -OCH3 is 2. The second kappa shape index (κ2) is 7.54. The molecule has 0 aliphatic carbocycles. The lowest BCUT2D eigenvalue weighted by atomic mass is 10.0. The first kappa shape index (κ1) is 14.3. The van der Waals surface area contributed by atoms with Gasteiger partial charge in [-0.05, 0) is 24.1 Å². The Morgan fingerprint density at radius 1 is 1.22 bits per heavy atom. The van der Waals surface area contributed by atoms with Gasteiger partial charge in [-0.1, -0.05) is 38.0 Å². The Bertz CT molecular complexity index is 404. The van der Waals surface area contributed by atoms with Gasteiger partial charge in [-0.3, -0.25) is 0 Å². The largest absolute Gasteiger partial charge is 0.497 e. The molecule has 1 aromatic carbocycles. The zero-order valence-corrected chi connectivity index (χ0v) is 11.2. The topological polar surface area (TPSA) is 35.5 Å². The minimum absolute atomic E-state index is 0.295. The van der Waals surface area contributed by atoms with E-state index in [1.54, 1.807) is 7.11 Å². The lowest BCUT2D eigenvalue weighted by Gasteiger charge is -2.07. The molecule has 0 radical (unpaired) electrons. The summed E-state index contributed by atoms with van der Waals surface area (Å²) in [6, 6.07) is 7.42. The Kier molecular flexibility index (Phi) is 5.98. The highest BCUT2D eigenvalue weighted by molar-refractivity contribution is 6.16. The third-order valence-electron chi connectivity index (χ3n) is 2.71. The van der Waals surface area contributed by atoms with Crippen LogP contribution < -0.4 is 4.74 Å². The third-order valence-corrected chi connectivity index (χ3v) is 2.71. The number of carbonyl (C=O) groups excluding carboxylic acids is 1. The summed E-state index contributed by atoms with van der Waals surface area (Å²) in [7, 11) is 3.02. The average Bonchev–Trinajstić information content (AvgIpc) is 2.43. The van der Waals surface area contributed by atoms with Gasteiger partial charge in [0.1, 0.15) is 5.75 Å². The van der Waals surface area contributed by atoms with E-state index in [0.717, 1.165) is 30.6 Å². The summed E-state index contributed by atoms with van der Waals surface area (Å²) in [4.78, 5) is 11.7. The molecule has 3 heteroatoms. The van der Waals surface area contributed by atoms with Gasteiger partial charge in [0.2, 0.25) is 0 Å². The fourth-order valence-corrected chi connectivity index (χ4v) is 1.65. The quantitative estimate of drug-likeness (QED) is 0.439. The highest BCUT2D eigenvalue weighted by Gasteiger charge is 2.11. The monoisotopic (exact) mass is 248 g/mol. The van der Waals surface area contributed by atoms with Gasteiger partial charge < -0.3 is 9.47 Å². The van der Waals surface area contributed by atoms with Crippen LogP contribution in [0.25, 0.3) is 5.57 Å². The minimum atomic E-state index is -0.295. The molecule has 18 heavy (non-hydrogen) atoms. The number of rotatable bonds is 6. The van der Waals surface area contributed by atoms with Crippen molar-refractivity contribution < 1.29 is 14.3 Å². The summed E-state index contributed by atoms with van der Waals surface area (Å²) in [6.45, 7) is 2.12. The number of benzene rings is 1. The summed E-state index contributed by atoms with van der Waals surface area (Å²) < 4.78 is 9.91. The van der Waals surface area contributed by atoms with E-state index < -0.39 is 0 Å². The zero-order chi connectivity index (χ0) is 13.4. The lowest BCUT2D eigenvalue weighted by Crippen LogP contribution is -2.04. The molecule has 0 spiro atoms. The van der Waals surface area contributed by atoms with Crippen LogP contribution in [-0.2, 0) is 9.53 Å². The van der Waals surface area contributed by atoms with Crippen LogP contribution in [0.4, 0.5) is 0 Å².